The van der Waals surface area contributed by atoms with Crippen molar-refractivity contribution in [2.45, 2.75) is 25.9 Å². The van der Waals surface area contributed by atoms with E-state index in [-0.39, 0.29) is 11.8 Å². The molecule has 2 saturated heterocycles. The Morgan fingerprint density at radius 1 is 1.11 bits per heavy atom. The number of carbonyl (C=O) groups is 1. The van der Waals surface area contributed by atoms with Crippen LogP contribution in [0.25, 0.3) is 21.8 Å². The number of ether oxygens (including phenoxy) is 1. The Kier molecular flexibility index (Phi) is 6.45. The third-order valence-corrected chi connectivity index (χ3v) is 7.58. The van der Waals surface area contributed by atoms with Crippen LogP contribution < -0.4 is 15.1 Å². The minimum Gasteiger partial charge on any atom is -0.444 e. The second-order valence-corrected chi connectivity index (χ2v) is 10.2. The topological polar surface area (TPSA) is 130 Å². The number of nitrogens with one attached hydrogen (secondary N) is 1. The van der Waals surface area contributed by atoms with Gasteiger partial charge in [-0.3, -0.25) is 9.78 Å². The van der Waals surface area contributed by atoms with Gasteiger partial charge in [0.05, 0.1) is 29.7 Å². The maximum Gasteiger partial charge on any atom is 0.277 e. The number of aromatic nitrogens is 4. The van der Waals surface area contributed by atoms with Crippen LogP contribution in [0.4, 0.5) is 16.6 Å². The number of fused-ring (bicyclic) bond motifs is 1. The van der Waals surface area contributed by atoms with Crippen molar-refractivity contribution in [2.24, 2.45) is 0 Å². The molecule has 0 radical (unpaired) electrons. The average Bonchev–Trinajstić information content (AvgIpc) is 3.57. The lowest BCUT2D eigenvalue weighted by Gasteiger charge is -2.31. The first kappa shape index (κ1) is 23.8. The van der Waals surface area contributed by atoms with E-state index in [1.165, 1.54) is 6.26 Å². The smallest absolute Gasteiger partial charge is 0.277 e. The van der Waals surface area contributed by atoms with E-state index < -0.39 is 5.91 Å². The van der Waals surface area contributed by atoms with Gasteiger partial charge in [0, 0.05) is 43.6 Å². The van der Waals surface area contributed by atoms with Gasteiger partial charge >= 0.3 is 0 Å². The third kappa shape index (κ3) is 4.99. The first-order valence-corrected chi connectivity index (χ1v) is 13.1. The monoisotopic (exact) mass is 521 g/mol. The molecule has 2 aliphatic rings. The highest BCUT2D eigenvalue weighted by Crippen LogP contribution is 2.36. The number of amides is 1. The predicted octanol–water partition coefficient (Wildman–Crippen LogP) is 3.10. The number of aliphatic hydroxyl groups is 1. The van der Waals surface area contributed by atoms with Crippen LogP contribution in [0.5, 0.6) is 0 Å². The Balaban J connectivity index is 1.31. The Morgan fingerprint density at radius 2 is 1.92 bits per heavy atom. The normalized spacial score (nSPS) is 16.9. The number of aryl methyl sites for hydroxylation is 1. The number of hydrogen-bond donors (Lipinski definition) is 2. The second-order valence-electron chi connectivity index (χ2n) is 9.17. The number of aliphatic hydroxyl groups excluding tert-OH is 1. The molecule has 0 bridgehead atoms. The van der Waals surface area contributed by atoms with E-state index >= 15 is 0 Å². The summed E-state index contributed by atoms with van der Waals surface area (Å²) in [6.07, 6.45) is 3.99. The van der Waals surface area contributed by atoms with Gasteiger partial charge in [0.15, 0.2) is 22.3 Å². The molecule has 0 spiro atoms. The summed E-state index contributed by atoms with van der Waals surface area (Å²) in [6, 6.07) is 5.57. The summed E-state index contributed by atoms with van der Waals surface area (Å²) in [4.78, 5) is 35.8. The molecule has 2 fully saturated rings. The molecular formula is C25H27N7O4S. The van der Waals surface area contributed by atoms with Crippen LogP contribution in [-0.4, -0.2) is 76.4 Å². The molecule has 0 aliphatic carbocycles. The van der Waals surface area contributed by atoms with E-state index in [9.17, 15) is 9.90 Å². The molecule has 11 nitrogen and oxygen atoms in total. The van der Waals surface area contributed by atoms with Crippen molar-refractivity contribution in [1.29, 1.82) is 0 Å². The average molecular weight is 522 g/mol. The van der Waals surface area contributed by atoms with Crippen molar-refractivity contribution >= 4 is 44.2 Å². The van der Waals surface area contributed by atoms with Crippen molar-refractivity contribution in [1.82, 2.24) is 19.9 Å². The van der Waals surface area contributed by atoms with Gasteiger partial charge in [-0.2, -0.15) is 4.98 Å². The van der Waals surface area contributed by atoms with Crippen LogP contribution in [0.1, 0.15) is 29.0 Å². The fraction of sp³-hybridized carbons (Fsp3) is 0.400. The maximum absolute atomic E-state index is 13.2. The Bertz CT molecular complexity index is 1420. The molecule has 4 aromatic heterocycles. The molecule has 0 saturated carbocycles. The van der Waals surface area contributed by atoms with Gasteiger partial charge in [-0.1, -0.05) is 11.3 Å². The molecular weight excluding hydrogens is 494 g/mol. The van der Waals surface area contributed by atoms with Gasteiger partial charge in [0.1, 0.15) is 6.26 Å². The number of rotatable bonds is 5. The van der Waals surface area contributed by atoms with E-state index in [1.807, 2.05) is 19.1 Å². The van der Waals surface area contributed by atoms with Crippen molar-refractivity contribution in [3.8, 4) is 11.5 Å². The lowest BCUT2D eigenvalue weighted by Crippen LogP contribution is -2.37. The number of oxazole rings is 1. The third-order valence-electron chi connectivity index (χ3n) is 6.53. The molecule has 4 aromatic rings. The first-order valence-electron chi connectivity index (χ1n) is 12.3. The zero-order valence-corrected chi connectivity index (χ0v) is 21.2. The highest BCUT2D eigenvalue weighted by Gasteiger charge is 2.25. The zero-order valence-electron chi connectivity index (χ0n) is 20.4. The fourth-order valence-electron chi connectivity index (χ4n) is 4.52. The number of thiazole rings is 1. The molecule has 0 atom stereocenters. The van der Waals surface area contributed by atoms with Crippen LogP contribution in [0.15, 0.2) is 35.1 Å². The van der Waals surface area contributed by atoms with Gasteiger partial charge in [0.2, 0.25) is 5.89 Å². The molecule has 1 amide bonds. The summed E-state index contributed by atoms with van der Waals surface area (Å²) in [5, 5.41) is 13.9. The SMILES string of the molecule is Cc1cc(-c2nc(C(=O)Nc3cc4sc(N5CCOCC5)nc4nc3N3CCC(O)CC3)co2)ccn1. The highest BCUT2D eigenvalue weighted by atomic mass is 32.1. The minimum atomic E-state index is -0.391. The summed E-state index contributed by atoms with van der Waals surface area (Å²) < 4.78 is 11.9. The Labute approximate surface area is 217 Å². The largest absolute Gasteiger partial charge is 0.444 e. The molecule has 2 N–H and O–H groups in total. The number of anilines is 3. The van der Waals surface area contributed by atoms with E-state index in [4.69, 9.17) is 19.1 Å². The lowest BCUT2D eigenvalue weighted by atomic mass is 10.1. The van der Waals surface area contributed by atoms with Crippen LogP contribution in [-0.2, 0) is 4.74 Å². The van der Waals surface area contributed by atoms with Gasteiger partial charge in [-0.25, -0.2) is 9.97 Å². The van der Waals surface area contributed by atoms with E-state index in [2.05, 4.69) is 25.1 Å². The molecule has 37 heavy (non-hydrogen) atoms. The van der Waals surface area contributed by atoms with Gasteiger partial charge in [-0.15, -0.1) is 0 Å². The zero-order chi connectivity index (χ0) is 25.4. The van der Waals surface area contributed by atoms with Crippen molar-refractivity contribution in [2.75, 3.05) is 54.5 Å². The number of hydrogen-bond acceptors (Lipinski definition) is 11. The van der Waals surface area contributed by atoms with Crippen LogP contribution in [0.2, 0.25) is 0 Å². The molecule has 6 rings (SSSR count). The van der Waals surface area contributed by atoms with Crippen LogP contribution in [0.3, 0.4) is 0 Å². The quantitative estimate of drug-likeness (QED) is 0.404. The van der Waals surface area contributed by atoms with E-state index in [0.29, 0.717) is 62.2 Å². The number of nitrogens with zero attached hydrogens (tertiary/aromatic N) is 6. The number of pyridine rings is 2. The number of morpholine rings is 1. The number of carbonyl (C=O) groups excluding carboxylic acids is 1. The second kappa shape index (κ2) is 10.0. The highest BCUT2D eigenvalue weighted by molar-refractivity contribution is 7.22. The Hall–Kier alpha value is -3.61. The Morgan fingerprint density at radius 3 is 2.70 bits per heavy atom. The van der Waals surface area contributed by atoms with Crippen molar-refractivity contribution in [3.63, 3.8) is 0 Å². The fourth-order valence-corrected chi connectivity index (χ4v) is 5.52. The van der Waals surface area contributed by atoms with Crippen LogP contribution >= 0.6 is 11.3 Å². The van der Waals surface area contributed by atoms with Crippen molar-refractivity contribution < 1.29 is 19.1 Å². The molecule has 0 aromatic carbocycles. The maximum atomic E-state index is 13.2. The van der Waals surface area contributed by atoms with Crippen molar-refractivity contribution in [3.05, 3.63) is 42.0 Å². The lowest BCUT2D eigenvalue weighted by molar-refractivity contribution is 0.102. The summed E-state index contributed by atoms with van der Waals surface area (Å²) in [5.41, 5.74) is 2.97. The predicted molar refractivity (Wildman–Crippen MR) is 140 cm³/mol. The van der Waals surface area contributed by atoms with E-state index in [0.717, 1.165) is 34.2 Å². The summed E-state index contributed by atoms with van der Waals surface area (Å²) in [5.74, 6) is 0.602. The standard InChI is InChI=1S/C25H27N7O4S/c1-15-12-16(2-5-26-15)24-28-19(14-36-24)23(34)27-18-13-20-21(29-22(18)31-6-3-17(33)4-7-31)30-25(37-20)32-8-10-35-11-9-32/h2,5,12-14,17,33H,3-4,6-11H2,1H3,(H,27,34). The molecule has 192 valence electrons. The van der Waals surface area contributed by atoms with Crippen LogP contribution in [0, 0.1) is 6.92 Å². The summed E-state index contributed by atoms with van der Waals surface area (Å²) in [7, 11) is 0. The molecule has 0 unspecified atom stereocenters. The minimum absolute atomic E-state index is 0.169. The number of piperidine rings is 1. The van der Waals surface area contributed by atoms with E-state index in [1.54, 1.807) is 23.6 Å². The summed E-state index contributed by atoms with van der Waals surface area (Å²) in [6.45, 7) is 6.07. The van der Waals surface area contributed by atoms with Gasteiger partial charge in [-0.05, 0) is 38.0 Å². The first-order chi connectivity index (χ1) is 18.0. The van der Waals surface area contributed by atoms with Gasteiger partial charge < -0.3 is 29.4 Å². The summed E-state index contributed by atoms with van der Waals surface area (Å²) >= 11 is 1.55. The van der Waals surface area contributed by atoms with Gasteiger partial charge in [0.25, 0.3) is 5.91 Å². The molecule has 12 heteroatoms. The molecule has 2 aliphatic heterocycles. The molecule has 6 heterocycles.